The minimum absolute atomic E-state index is 0.0920. The monoisotopic (exact) mass is 340 g/mol. The highest BCUT2D eigenvalue weighted by molar-refractivity contribution is 5.91. The lowest BCUT2D eigenvalue weighted by molar-refractivity contribution is 0.0672. The zero-order chi connectivity index (χ0) is 17.2. The van der Waals surface area contributed by atoms with Gasteiger partial charge in [0.05, 0.1) is 6.26 Å². The van der Waals surface area contributed by atoms with Crippen LogP contribution in [-0.2, 0) is 0 Å². The highest BCUT2D eigenvalue weighted by Gasteiger charge is 2.28. The molecule has 3 aromatic rings. The predicted molar refractivity (Wildman–Crippen MR) is 88.4 cm³/mol. The van der Waals surface area contributed by atoms with Crippen molar-refractivity contribution in [2.75, 3.05) is 13.1 Å². The Morgan fingerprint density at radius 1 is 1.28 bits per heavy atom. The highest BCUT2D eigenvalue weighted by atomic mass is 19.1. The van der Waals surface area contributed by atoms with E-state index in [-0.39, 0.29) is 17.6 Å². The van der Waals surface area contributed by atoms with Gasteiger partial charge in [0.2, 0.25) is 0 Å². The summed E-state index contributed by atoms with van der Waals surface area (Å²) in [7, 11) is 0. The largest absolute Gasteiger partial charge is 0.459 e. The van der Waals surface area contributed by atoms with Crippen molar-refractivity contribution in [1.82, 2.24) is 20.1 Å². The van der Waals surface area contributed by atoms with Crippen molar-refractivity contribution >= 4 is 5.91 Å². The van der Waals surface area contributed by atoms with E-state index in [4.69, 9.17) is 4.42 Å². The van der Waals surface area contributed by atoms with Crippen LogP contribution >= 0.6 is 0 Å². The van der Waals surface area contributed by atoms with Crippen LogP contribution in [0.5, 0.6) is 0 Å². The summed E-state index contributed by atoms with van der Waals surface area (Å²) in [5, 5.41) is 7.20. The zero-order valence-corrected chi connectivity index (χ0v) is 13.5. The molecule has 1 atom stereocenters. The molecular weight excluding hydrogens is 323 g/mol. The van der Waals surface area contributed by atoms with Gasteiger partial charge in [0, 0.05) is 24.6 Å². The number of carbonyl (C=O) groups excluding carboxylic acids is 1. The Morgan fingerprint density at radius 3 is 2.88 bits per heavy atom. The Morgan fingerprint density at radius 2 is 2.12 bits per heavy atom. The molecule has 4 rings (SSSR count). The lowest BCUT2D eigenvalue weighted by Gasteiger charge is -2.31. The lowest BCUT2D eigenvalue weighted by atomic mass is 9.97. The van der Waals surface area contributed by atoms with Crippen LogP contribution in [0.4, 0.5) is 4.39 Å². The fraction of sp³-hybridized carbons (Fsp3) is 0.278. The number of benzene rings is 1. The molecule has 1 aliphatic heterocycles. The summed E-state index contributed by atoms with van der Waals surface area (Å²) >= 11 is 0. The third-order valence-electron chi connectivity index (χ3n) is 4.43. The van der Waals surface area contributed by atoms with E-state index in [9.17, 15) is 9.18 Å². The molecule has 0 saturated carbocycles. The topological polar surface area (TPSA) is 75.0 Å². The van der Waals surface area contributed by atoms with Crippen molar-refractivity contribution in [1.29, 1.82) is 0 Å². The van der Waals surface area contributed by atoms with Crippen LogP contribution < -0.4 is 0 Å². The number of aromatic amines is 1. The Kier molecular flexibility index (Phi) is 4.05. The van der Waals surface area contributed by atoms with E-state index in [1.165, 1.54) is 18.4 Å². The Balaban J connectivity index is 1.50. The number of nitrogens with one attached hydrogen (secondary N) is 1. The fourth-order valence-electron chi connectivity index (χ4n) is 3.13. The summed E-state index contributed by atoms with van der Waals surface area (Å²) in [6, 6.07) is 9.45. The smallest absolute Gasteiger partial charge is 0.289 e. The van der Waals surface area contributed by atoms with Gasteiger partial charge in [-0.25, -0.2) is 9.37 Å². The second-order valence-corrected chi connectivity index (χ2v) is 6.12. The van der Waals surface area contributed by atoms with Gasteiger partial charge < -0.3 is 9.32 Å². The van der Waals surface area contributed by atoms with Gasteiger partial charge in [-0.05, 0) is 49.2 Å². The minimum atomic E-state index is -0.293. The van der Waals surface area contributed by atoms with Gasteiger partial charge in [-0.1, -0.05) is 0 Å². The molecule has 0 spiro atoms. The first-order chi connectivity index (χ1) is 12.2. The summed E-state index contributed by atoms with van der Waals surface area (Å²) in [6.45, 7) is 1.27. The van der Waals surface area contributed by atoms with Crippen molar-refractivity contribution in [2.45, 2.75) is 18.8 Å². The molecule has 1 N–H and O–H groups in total. The first kappa shape index (κ1) is 15.6. The maximum atomic E-state index is 13.0. The predicted octanol–water partition coefficient (Wildman–Crippen LogP) is 3.22. The average molecular weight is 340 g/mol. The van der Waals surface area contributed by atoms with E-state index in [1.54, 1.807) is 29.2 Å². The minimum Gasteiger partial charge on any atom is -0.459 e. The molecule has 1 aromatic carbocycles. The zero-order valence-electron chi connectivity index (χ0n) is 13.5. The molecule has 6 nitrogen and oxygen atoms in total. The number of rotatable bonds is 3. The number of H-pyrrole nitrogens is 1. The third kappa shape index (κ3) is 3.17. The summed E-state index contributed by atoms with van der Waals surface area (Å²) < 4.78 is 18.2. The molecule has 0 aliphatic carbocycles. The van der Waals surface area contributed by atoms with E-state index in [0.29, 0.717) is 24.7 Å². The first-order valence-electron chi connectivity index (χ1n) is 8.22. The SMILES string of the molecule is O=C(c1ccco1)N1CCCC(c2nc(-c3ccc(F)cc3)n[nH]2)C1. The van der Waals surface area contributed by atoms with E-state index in [0.717, 1.165) is 24.2 Å². The molecule has 128 valence electrons. The number of amides is 1. The summed E-state index contributed by atoms with van der Waals surface area (Å²) in [4.78, 5) is 18.8. The van der Waals surface area contributed by atoms with Gasteiger partial charge in [0.1, 0.15) is 11.6 Å². The number of furan rings is 1. The Bertz CT molecular complexity index is 858. The van der Waals surface area contributed by atoms with Crippen molar-refractivity contribution in [2.24, 2.45) is 0 Å². The van der Waals surface area contributed by atoms with Crippen LogP contribution in [0.1, 0.15) is 35.1 Å². The number of likely N-dealkylation sites (tertiary alicyclic amines) is 1. The molecule has 1 amide bonds. The number of aromatic nitrogens is 3. The number of halogens is 1. The standard InChI is InChI=1S/C18H17FN4O2/c19-14-7-5-12(6-8-14)16-20-17(22-21-16)13-3-1-9-23(11-13)18(24)15-4-2-10-25-15/h2,4-8,10,13H,1,3,9,11H2,(H,20,21,22). The molecule has 0 radical (unpaired) electrons. The quantitative estimate of drug-likeness (QED) is 0.794. The molecule has 1 aliphatic rings. The molecule has 7 heteroatoms. The van der Waals surface area contributed by atoms with Crippen LogP contribution in [0.3, 0.4) is 0 Å². The van der Waals surface area contributed by atoms with Crippen LogP contribution in [0.15, 0.2) is 47.1 Å². The van der Waals surface area contributed by atoms with Crippen LogP contribution in [0.25, 0.3) is 11.4 Å². The van der Waals surface area contributed by atoms with E-state index >= 15 is 0 Å². The first-order valence-corrected chi connectivity index (χ1v) is 8.22. The van der Waals surface area contributed by atoms with E-state index < -0.39 is 0 Å². The normalized spacial score (nSPS) is 17.6. The highest BCUT2D eigenvalue weighted by Crippen LogP contribution is 2.27. The van der Waals surface area contributed by atoms with Crippen molar-refractivity contribution in [3.8, 4) is 11.4 Å². The molecule has 2 aromatic heterocycles. The molecule has 1 unspecified atom stereocenters. The molecule has 25 heavy (non-hydrogen) atoms. The Hall–Kier alpha value is -2.96. The summed E-state index contributed by atoms with van der Waals surface area (Å²) in [6.07, 6.45) is 3.32. The summed E-state index contributed by atoms with van der Waals surface area (Å²) in [5.74, 6) is 1.33. The van der Waals surface area contributed by atoms with E-state index in [2.05, 4.69) is 15.2 Å². The molecule has 3 heterocycles. The molecule has 1 fully saturated rings. The fourth-order valence-corrected chi connectivity index (χ4v) is 3.13. The number of piperidine rings is 1. The second kappa shape index (κ2) is 6.51. The maximum absolute atomic E-state index is 13.0. The maximum Gasteiger partial charge on any atom is 0.289 e. The Labute approximate surface area is 143 Å². The second-order valence-electron chi connectivity index (χ2n) is 6.12. The van der Waals surface area contributed by atoms with Gasteiger partial charge in [-0.2, -0.15) is 5.10 Å². The van der Waals surface area contributed by atoms with Gasteiger partial charge in [-0.3, -0.25) is 9.89 Å². The molecule has 1 saturated heterocycles. The summed E-state index contributed by atoms with van der Waals surface area (Å²) in [5.41, 5.74) is 0.753. The lowest BCUT2D eigenvalue weighted by Crippen LogP contribution is -2.39. The van der Waals surface area contributed by atoms with Crippen LogP contribution in [0.2, 0.25) is 0 Å². The number of hydrogen-bond donors (Lipinski definition) is 1. The van der Waals surface area contributed by atoms with Gasteiger partial charge >= 0.3 is 0 Å². The van der Waals surface area contributed by atoms with Crippen molar-refractivity contribution in [3.63, 3.8) is 0 Å². The van der Waals surface area contributed by atoms with Crippen molar-refractivity contribution in [3.05, 3.63) is 60.1 Å². The molecular formula is C18H17FN4O2. The van der Waals surface area contributed by atoms with Crippen molar-refractivity contribution < 1.29 is 13.6 Å². The number of nitrogens with zero attached hydrogens (tertiary/aromatic N) is 3. The number of hydrogen-bond acceptors (Lipinski definition) is 4. The van der Waals surface area contributed by atoms with Crippen LogP contribution in [-0.4, -0.2) is 39.1 Å². The number of carbonyl (C=O) groups is 1. The molecule has 0 bridgehead atoms. The van der Waals surface area contributed by atoms with Crippen LogP contribution in [0, 0.1) is 5.82 Å². The van der Waals surface area contributed by atoms with E-state index in [1.807, 2.05) is 0 Å². The van der Waals surface area contributed by atoms with Gasteiger partial charge in [-0.15, -0.1) is 0 Å². The van der Waals surface area contributed by atoms with Gasteiger partial charge in [0.25, 0.3) is 5.91 Å². The third-order valence-corrected chi connectivity index (χ3v) is 4.43. The average Bonchev–Trinajstić information content (AvgIpc) is 3.34. The van der Waals surface area contributed by atoms with Gasteiger partial charge in [0.15, 0.2) is 11.6 Å².